The molecule has 170 valence electrons. The molecular weight excluding hydrogens is 390 g/mol. The van der Waals surface area contributed by atoms with Crippen LogP contribution in [0, 0.1) is 0 Å². The molecular formula is C26H37NO4. The normalized spacial score (nSPS) is 13.3. The molecule has 0 N–H and O–H groups in total. The van der Waals surface area contributed by atoms with Crippen molar-refractivity contribution in [2.45, 2.75) is 96.8 Å². The summed E-state index contributed by atoms with van der Waals surface area (Å²) in [5.74, 6) is -0.546. The molecule has 0 bridgehead atoms. The standard InChI is InChI=1S/C26H37NO4/c1-2-3-4-5-6-7-8-9-10-11-12-13-14-15-26(30)31-23-18-16-22(17-19-23)27-24(28)20-21-25(27)29/h16-21H,2-15H2,1H3. The molecule has 1 aromatic rings. The molecule has 0 saturated carbocycles. The topological polar surface area (TPSA) is 63.7 Å². The number of esters is 1. The zero-order valence-corrected chi connectivity index (χ0v) is 18.9. The second kappa shape index (κ2) is 14.6. The molecule has 0 aromatic heterocycles. The average molecular weight is 428 g/mol. The lowest BCUT2D eigenvalue weighted by Gasteiger charge is -2.14. The number of carbonyl (C=O) groups is 3. The lowest BCUT2D eigenvalue weighted by atomic mass is 10.0. The van der Waals surface area contributed by atoms with E-state index in [1.807, 2.05) is 0 Å². The van der Waals surface area contributed by atoms with Gasteiger partial charge in [-0.1, -0.05) is 84.0 Å². The molecule has 0 unspecified atom stereocenters. The van der Waals surface area contributed by atoms with E-state index >= 15 is 0 Å². The van der Waals surface area contributed by atoms with Crippen molar-refractivity contribution >= 4 is 23.5 Å². The lowest BCUT2D eigenvalue weighted by molar-refractivity contribution is -0.134. The van der Waals surface area contributed by atoms with Gasteiger partial charge < -0.3 is 4.74 Å². The summed E-state index contributed by atoms with van der Waals surface area (Å²) in [6, 6.07) is 6.43. The fourth-order valence-electron chi connectivity index (χ4n) is 3.79. The summed E-state index contributed by atoms with van der Waals surface area (Å²) in [5.41, 5.74) is 0.469. The third kappa shape index (κ3) is 9.50. The van der Waals surface area contributed by atoms with Crippen molar-refractivity contribution in [2.75, 3.05) is 4.90 Å². The Morgan fingerprint density at radius 3 is 1.65 bits per heavy atom. The SMILES string of the molecule is CCCCCCCCCCCCCCCC(=O)Oc1ccc(N2C(=O)C=CC2=O)cc1. The van der Waals surface area contributed by atoms with Crippen molar-refractivity contribution in [3.63, 3.8) is 0 Å². The number of unbranched alkanes of at least 4 members (excludes halogenated alkanes) is 12. The number of anilines is 1. The maximum atomic E-state index is 12.0. The van der Waals surface area contributed by atoms with Crippen molar-refractivity contribution in [2.24, 2.45) is 0 Å². The number of imide groups is 1. The summed E-state index contributed by atoms with van der Waals surface area (Å²) in [6.07, 6.45) is 19.4. The second-order valence-electron chi connectivity index (χ2n) is 8.31. The van der Waals surface area contributed by atoms with Gasteiger partial charge in [-0.25, -0.2) is 4.90 Å². The number of carbonyl (C=O) groups excluding carboxylic acids is 3. The van der Waals surface area contributed by atoms with E-state index in [9.17, 15) is 14.4 Å². The molecule has 0 spiro atoms. The monoisotopic (exact) mass is 427 g/mol. The van der Waals surface area contributed by atoms with Gasteiger partial charge in [0.1, 0.15) is 5.75 Å². The largest absolute Gasteiger partial charge is 0.427 e. The summed E-state index contributed by atoms with van der Waals surface area (Å²) in [4.78, 5) is 36.5. The van der Waals surface area contributed by atoms with Crippen molar-refractivity contribution in [1.82, 2.24) is 0 Å². The van der Waals surface area contributed by atoms with Crippen LogP contribution in [0.15, 0.2) is 36.4 Å². The van der Waals surface area contributed by atoms with Gasteiger partial charge in [0, 0.05) is 18.6 Å². The van der Waals surface area contributed by atoms with E-state index in [2.05, 4.69) is 6.92 Å². The van der Waals surface area contributed by atoms with Crippen LogP contribution in [0.2, 0.25) is 0 Å². The van der Waals surface area contributed by atoms with Gasteiger partial charge in [-0.3, -0.25) is 14.4 Å². The molecule has 1 aliphatic rings. The average Bonchev–Trinajstić information content (AvgIpc) is 3.10. The maximum absolute atomic E-state index is 12.0. The number of hydrogen-bond donors (Lipinski definition) is 0. The van der Waals surface area contributed by atoms with E-state index < -0.39 is 0 Å². The van der Waals surface area contributed by atoms with Crippen LogP contribution in [-0.2, 0) is 14.4 Å². The predicted molar refractivity (Wildman–Crippen MR) is 124 cm³/mol. The Morgan fingerprint density at radius 1 is 0.710 bits per heavy atom. The first-order valence-corrected chi connectivity index (χ1v) is 12.0. The summed E-state index contributed by atoms with van der Waals surface area (Å²) >= 11 is 0. The van der Waals surface area contributed by atoms with Crippen molar-refractivity contribution < 1.29 is 19.1 Å². The van der Waals surface area contributed by atoms with E-state index in [0.29, 0.717) is 17.9 Å². The number of ether oxygens (including phenoxy) is 1. The van der Waals surface area contributed by atoms with Crippen molar-refractivity contribution in [1.29, 1.82) is 0 Å². The van der Waals surface area contributed by atoms with E-state index in [-0.39, 0.29) is 17.8 Å². The maximum Gasteiger partial charge on any atom is 0.311 e. The number of hydrogen-bond acceptors (Lipinski definition) is 4. The molecule has 5 nitrogen and oxygen atoms in total. The van der Waals surface area contributed by atoms with Crippen LogP contribution < -0.4 is 9.64 Å². The van der Waals surface area contributed by atoms with E-state index in [1.54, 1.807) is 24.3 Å². The second-order valence-corrected chi connectivity index (χ2v) is 8.31. The molecule has 0 saturated heterocycles. The zero-order chi connectivity index (χ0) is 22.3. The van der Waals surface area contributed by atoms with Crippen LogP contribution in [0.1, 0.15) is 96.8 Å². The third-order valence-electron chi connectivity index (χ3n) is 5.62. The fraction of sp³-hybridized carbons (Fsp3) is 0.577. The smallest absolute Gasteiger partial charge is 0.311 e. The minimum absolute atomic E-state index is 0.245. The van der Waals surface area contributed by atoms with Crippen LogP contribution >= 0.6 is 0 Å². The predicted octanol–water partition coefficient (Wildman–Crippen LogP) is 6.50. The zero-order valence-electron chi connectivity index (χ0n) is 18.9. The summed E-state index contributed by atoms with van der Waals surface area (Å²) in [6.45, 7) is 2.25. The highest BCUT2D eigenvalue weighted by atomic mass is 16.5. The highest BCUT2D eigenvalue weighted by Gasteiger charge is 2.24. The van der Waals surface area contributed by atoms with Crippen LogP contribution in [0.5, 0.6) is 5.75 Å². The molecule has 2 rings (SSSR count). The Kier molecular flexibility index (Phi) is 11.7. The van der Waals surface area contributed by atoms with E-state index in [0.717, 1.165) is 17.7 Å². The van der Waals surface area contributed by atoms with Gasteiger partial charge in [0.25, 0.3) is 11.8 Å². The number of rotatable bonds is 16. The summed E-state index contributed by atoms with van der Waals surface area (Å²) < 4.78 is 5.35. The van der Waals surface area contributed by atoms with Gasteiger partial charge in [0.15, 0.2) is 0 Å². The Hall–Kier alpha value is -2.43. The fourth-order valence-corrected chi connectivity index (χ4v) is 3.79. The van der Waals surface area contributed by atoms with E-state index in [1.165, 1.54) is 82.8 Å². The Morgan fingerprint density at radius 2 is 1.16 bits per heavy atom. The van der Waals surface area contributed by atoms with Crippen LogP contribution in [0.4, 0.5) is 5.69 Å². The lowest BCUT2D eigenvalue weighted by Crippen LogP contribution is -2.29. The van der Waals surface area contributed by atoms with Gasteiger partial charge in [-0.05, 0) is 30.7 Å². The molecule has 0 fully saturated rings. The number of benzene rings is 1. The van der Waals surface area contributed by atoms with E-state index in [4.69, 9.17) is 4.74 Å². The van der Waals surface area contributed by atoms with Crippen LogP contribution in [-0.4, -0.2) is 17.8 Å². The third-order valence-corrected chi connectivity index (χ3v) is 5.62. The first kappa shape index (κ1) is 24.8. The first-order valence-electron chi connectivity index (χ1n) is 12.0. The highest BCUT2D eigenvalue weighted by Crippen LogP contribution is 2.23. The van der Waals surface area contributed by atoms with Gasteiger partial charge in [-0.15, -0.1) is 0 Å². The molecule has 0 radical (unpaired) electrons. The van der Waals surface area contributed by atoms with Gasteiger partial charge in [-0.2, -0.15) is 0 Å². The highest BCUT2D eigenvalue weighted by molar-refractivity contribution is 6.28. The number of nitrogens with zero attached hydrogens (tertiary/aromatic N) is 1. The molecule has 1 aliphatic heterocycles. The summed E-state index contributed by atoms with van der Waals surface area (Å²) in [7, 11) is 0. The van der Waals surface area contributed by atoms with Crippen molar-refractivity contribution in [3.05, 3.63) is 36.4 Å². The van der Waals surface area contributed by atoms with Gasteiger partial charge in [0.05, 0.1) is 5.69 Å². The minimum Gasteiger partial charge on any atom is -0.427 e. The number of amides is 2. The Balaban J connectivity index is 1.48. The molecule has 5 heteroatoms. The van der Waals surface area contributed by atoms with Gasteiger partial charge >= 0.3 is 5.97 Å². The summed E-state index contributed by atoms with van der Waals surface area (Å²) in [5, 5.41) is 0. The van der Waals surface area contributed by atoms with Gasteiger partial charge in [0.2, 0.25) is 0 Å². The first-order chi connectivity index (χ1) is 15.1. The molecule has 0 atom stereocenters. The van der Waals surface area contributed by atoms with Crippen LogP contribution in [0.3, 0.4) is 0 Å². The molecule has 0 aliphatic carbocycles. The quantitative estimate of drug-likeness (QED) is 0.131. The van der Waals surface area contributed by atoms with Crippen molar-refractivity contribution in [3.8, 4) is 5.75 Å². The van der Waals surface area contributed by atoms with Crippen LogP contribution in [0.25, 0.3) is 0 Å². The Labute approximate surface area is 186 Å². The molecule has 2 amide bonds. The minimum atomic E-state index is -0.364. The Bertz CT molecular complexity index is 705. The molecule has 31 heavy (non-hydrogen) atoms. The molecule has 1 heterocycles. The molecule has 1 aromatic carbocycles.